The summed E-state index contributed by atoms with van der Waals surface area (Å²) < 4.78 is 1.06. The molecule has 72 valence electrons. The first-order chi connectivity index (χ1) is 6.72. The molecule has 0 saturated carbocycles. The Bertz CT molecular complexity index is 480. The number of aryl methyl sites for hydroxylation is 1. The quantitative estimate of drug-likeness (QED) is 0.792. The van der Waals surface area contributed by atoms with Crippen molar-refractivity contribution >= 4 is 38.6 Å². The molecule has 1 aromatic heterocycles. The molecule has 0 bridgehead atoms. The van der Waals surface area contributed by atoms with E-state index in [1.165, 1.54) is 0 Å². The first kappa shape index (κ1) is 9.87. The van der Waals surface area contributed by atoms with Gasteiger partial charge >= 0.3 is 0 Å². The normalized spacial score (nSPS) is 10.8. The summed E-state index contributed by atoms with van der Waals surface area (Å²) in [5, 5.41) is 0.435. The first-order valence-corrected chi connectivity index (χ1v) is 5.49. The van der Waals surface area contributed by atoms with Gasteiger partial charge in [0, 0.05) is 4.47 Å². The van der Waals surface area contributed by atoms with E-state index in [4.69, 9.17) is 11.6 Å². The van der Waals surface area contributed by atoms with Crippen LogP contribution < -0.4 is 0 Å². The van der Waals surface area contributed by atoms with Crippen LogP contribution in [0.2, 0.25) is 5.15 Å². The van der Waals surface area contributed by atoms with Crippen molar-refractivity contribution in [3.63, 3.8) is 0 Å². The van der Waals surface area contributed by atoms with Gasteiger partial charge in [-0.15, -0.1) is 0 Å². The minimum atomic E-state index is 0.435. The molecule has 0 spiro atoms. The average molecular weight is 272 g/mol. The average Bonchev–Trinajstić information content (AvgIpc) is 2.17. The van der Waals surface area contributed by atoms with Crippen molar-refractivity contribution in [2.75, 3.05) is 0 Å². The van der Waals surface area contributed by atoms with Gasteiger partial charge in [-0.3, -0.25) is 4.98 Å². The van der Waals surface area contributed by atoms with E-state index in [0.29, 0.717) is 5.15 Å². The summed E-state index contributed by atoms with van der Waals surface area (Å²) >= 11 is 9.30. The molecule has 0 unspecified atom stereocenters. The van der Waals surface area contributed by atoms with Crippen LogP contribution in [-0.4, -0.2) is 9.97 Å². The zero-order valence-electron chi connectivity index (χ0n) is 7.59. The highest BCUT2D eigenvalue weighted by atomic mass is 79.9. The lowest BCUT2D eigenvalue weighted by Crippen LogP contribution is -1.91. The number of halogens is 2. The van der Waals surface area contributed by atoms with Crippen LogP contribution in [0, 0.1) is 0 Å². The molecule has 2 rings (SSSR count). The molecule has 2 nitrogen and oxygen atoms in total. The lowest BCUT2D eigenvalue weighted by atomic mass is 10.1. The Hall–Kier alpha value is -0.670. The molecule has 14 heavy (non-hydrogen) atoms. The monoisotopic (exact) mass is 270 g/mol. The number of nitrogens with zero attached hydrogens (tertiary/aromatic N) is 2. The van der Waals surface area contributed by atoms with Crippen molar-refractivity contribution in [2.45, 2.75) is 13.3 Å². The highest BCUT2D eigenvalue weighted by Crippen LogP contribution is 2.25. The molecular formula is C10H8BrClN2. The van der Waals surface area contributed by atoms with Gasteiger partial charge in [-0.25, -0.2) is 4.98 Å². The Labute approximate surface area is 95.5 Å². The van der Waals surface area contributed by atoms with E-state index in [0.717, 1.165) is 27.5 Å². The smallest absolute Gasteiger partial charge is 0.148 e. The zero-order valence-corrected chi connectivity index (χ0v) is 9.93. The van der Waals surface area contributed by atoms with Crippen LogP contribution >= 0.6 is 27.5 Å². The molecule has 0 aliphatic carbocycles. The SMILES string of the molecule is CCc1c(Br)ccc2ncc(Cl)nc12. The molecule has 0 atom stereocenters. The second-order valence-electron chi connectivity index (χ2n) is 2.94. The highest BCUT2D eigenvalue weighted by molar-refractivity contribution is 9.10. The summed E-state index contributed by atoms with van der Waals surface area (Å²) in [5.74, 6) is 0. The molecule has 0 amide bonds. The molecule has 0 fully saturated rings. The van der Waals surface area contributed by atoms with Gasteiger partial charge in [0.15, 0.2) is 0 Å². The van der Waals surface area contributed by atoms with Crippen molar-refractivity contribution in [1.29, 1.82) is 0 Å². The molecule has 1 heterocycles. The zero-order chi connectivity index (χ0) is 10.1. The lowest BCUT2D eigenvalue weighted by molar-refractivity contribution is 1.12. The van der Waals surface area contributed by atoms with E-state index >= 15 is 0 Å². The fraction of sp³-hybridized carbons (Fsp3) is 0.200. The molecular weight excluding hydrogens is 263 g/mol. The molecule has 1 aromatic carbocycles. The maximum Gasteiger partial charge on any atom is 0.148 e. The van der Waals surface area contributed by atoms with Crippen LogP contribution in [0.4, 0.5) is 0 Å². The summed E-state index contributed by atoms with van der Waals surface area (Å²) in [6.07, 6.45) is 2.48. The van der Waals surface area contributed by atoms with Gasteiger partial charge in [0.2, 0.25) is 0 Å². The second-order valence-corrected chi connectivity index (χ2v) is 4.18. The van der Waals surface area contributed by atoms with Gasteiger partial charge in [0.25, 0.3) is 0 Å². The summed E-state index contributed by atoms with van der Waals surface area (Å²) in [6.45, 7) is 2.09. The molecule has 0 N–H and O–H groups in total. The van der Waals surface area contributed by atoms with Gasteiger partial charge in [-0.05, 0) is 24.1 Å². The molecule has 0 aliphatic rings. The van der Waals surface area contributed by atoms with Gasteiger partial charge in [0.05, 0.1) is 17.2 Å². The van der Waals surface area contributed by atoms with Crippen molar-refractivity contribution in [1.82, 2.24) is 9.97 Å². The van der Waals surface area contributed by atoms with Crippen LogP contribution in [0.25, 0.3) is 11.0 Å². The fourth-order valence-electron chi connectivity index (χ4n) is 1.42. The third-order valence-electron chi connectivity index (χ3n) is 2.09. The van der Waals surface area contributed by atoms with E-state index in [2.05, 4.69) is 32.8 Å². The largest absolute Gasteiger partial charge is 0.251 e. The van der Waals surface area contributed by atoms with Crippen molar-refractivity contribution in [3.05, 3.63) is 33.5 Å². The number of hydrogen-bond donors (Lipinski definition) is 0. The Morgan fingerprint density at radius 2 is 2.21 bits per heavy atom. The van der Waals surface area contributed by atoms with Gasteiger partial charge in [-0.2, -0.15) is 0 Å². The second kappa shape index (κ2) is 3.83. The minimum absolute atomic E-state index is 0.435. The number of rotatable bonds is 1. The number of fused-ring (bicyclic) bond motifs is 1. The minimum Gasteiger partial charge on any atom is -0.251 e. The Balaban J connectivity index is 2.84. The number of benzene rings is 1. The van der Waals surface area contributed by atoms with Crippen molar-refractivity contribution in [3.8, 4) is 0 Å². The molecule has 0 saturated heterocycles. The number of aromatic nitrogens is 2. The Morgan fingerprint density at radius 1 is 1.43 bits per heavy atom. The molecule has 0 aliphatic heterocycles. The van der Waals surface area contributed by atoms with E-state index in [1.54, 1.807) is 6.20 Å². The molecule has 4 heteroatoms. The predicted octanol–water partition coefficient (Wildman–Crippen LogP) is 3.61. The van der Waals surface area contributed by atoms with E-state index < -0.39 is 0 Å². The standard InChI is InChI=1S/C10H8BrClN2/c1-2-6-7(11)3-4-8-10(6)14-9(12)5-13-8/h3-5H,2H2,1H3. The Morgan fingerprint density at radius 3 is 2.93 bits per heavy atom. The maximum atomic E-state index is 5.81. The summed E-state index contributed by atoms with van der Waals surface area (Å²) in [6, 6.07) is 3.92. The first-order valence-electron chi connectivity index (χ1n) is 4.32. The van der Waals surface area contributed by atoms with Gasteiger partial charge in [-0.1, -0.05) is 34.5 Å². The van der Waals surface area contributed by atoms with E-state index in [1.807, 2.05) is 12.1 Å². The van der Waals surface area contributed by atoms with Crippen molar-refractivity contribution < 1.29 is 0 Å². The fourth-order valence-corrected chi connectivity index (χ4v) is 2.16. The predicted molar refractivity (Wildman–Crippen MR) is 61.6 cm³/mol. The lowest BCUT2D eigenvalue weighted by Gasteiger charge is -2.05. The topological polar surface area (TPSA) is 25.8 Å². The van der Waals surface area contributed by atoms with Gasteiger partial charge in [0.1, 0.15) is 5.15 Å². The summed E-state index contributed by atoms with van der Waals surface area (Å²) in [7, 11) is 0. The third-order valence-corrected chi connectivity index (χ3v) is 3.01. The van der Waals surface area contributed by atoms with E-state index in [-0.39, 0.29) is 0 Å². The van der Waals surface area contributed by atoms with Crippen LogP contribution in [0.15, 0.2) is 22.8 Å². The van der Waals surface area contributed by atoms with Crippen LogP contribution in [0.3, 0.4) is 0 Å². The molecule has 0 radical (unpaired) electrons. The summed E-state index contributed by atoms with van der Waals surface area (Å²) in [5.41, 5.74) is 2.92. The van der Waals surface area contributed by atoms with Crippen LogP contribution in [0.5, 0.6) is 0 Å². The Kier molecular flexibility index (Phi) is 2.70. The van der Waals surface area contributed by atoms with Gasteiger partial charge < -0.3 is 0 Å². The maximum absolute atomic E-state index is 5.81. The van der Waals surface area contributed by atoms with Crippen LogP contribution in [0.1, 0.15) is 12.5 Å². The third kappa shape index (κ3) is 1.62. The highest BCUT2D eigenvalue weighted by Gasteiger charge is 2.06. The number of hydrogen-bond acceptors (Lipinski definition) is 2. The molecule has 2 aromatic rings. The van der Waals surface area contributed by atoms with Crippen molar-refractivity contribution in [2.24, 2.45) is 0 Å². The van der Waals surface area contributed by atoms with Crippen LogP contribution in [-0.2, 0) is 6.42 Å². The van der Waals surface area contributed by atoms with E-state index in [9.17, 15) is 0 Å². The summed E-state index contributed by atoms with van der Waals surface area (Å²) in [4.78, 5) is 8.50.